The summed E-state index contributed by atoms with van der Waals surface area (Å²) in [6.07, 6.45) is 9.75. The number of carbonyl (C=O) groups is 2. The van der Waals surface area contributed by atoms with Crippen LogP contribution in [0, 0.1) is 23.2 Å². The summed E-state index contributed by atoms with van der Waals surface area (Å²) in [7, 11) is -3.04. The monoisotopic (exact) mass is 484 g/mol. The van der Waals surface area contributed by atoms with Crippen LogP contribution >= 0.6 is 0 Å². The highest BCUT2D eigenvalue weighted by molar-refractivity contribution is 7.91. The maximum absolute atomic E-state index is 13.2. The highest BCUT2D eigenvalue weighted by Crippen LogP contribution is 2.59. The molecule has 8 nitrogen and oxygen atoms in total. The molecule has 0 unspecified atom stereocenters. The van der Waals surface area contributed by atoms with Gasteiger partial charge in [-0.1, -0.05) is 6.07 Å². The molecule has 2 aromatic rings. The van der Waals surface area contributed by atoms with E-state index in [1.54, 1.807) is 21.6 Å². The van der Waals surface area contributed by atoms with Crippen molar-refractivity contribution in [3.63, 3.8) is 0 Å². The third-order valence-corrected chi connectivity index (χ3v) is 10.2. The molecule has 5 fully saturated rings. The molecular weight excluding hydrogens is 452 g/mol. The molecule has 0 atom stereocenters. The lowest BCUT2D eigenvalue weighted by Gasteiger charge is -2.56. The lowest BCUT2D eigenvalue weighted by molar-refractivity contribution is -0.130. The number of imidazole rings is 1. The number of aromatic nitrogens is 2. The van der Waals surface area contributed by atoms with Crippen LogP contribution in [0.3, 0.4) is 0 Å². The minimum Gasteiger partial charge on any atom is -0.350 e. The fourth-order valence-electron chi connectivity index (χ4n) is 7.42. The number of carbonyl (C=O) groups excluding carboxylic acids is 2. The molecule has 0 aromatic carbocycles. The molecule has 4 saturated carbocycles. The number of pyridine rings is 1. The summed E-state index contributed by atoms with van der Waals surface area (Å²) < 4.78 is 25.0. The number of hydrogen-bond acceptors (Lipinski definition) is 5. The second-order valence-corrected chi connectivity index (χ2v) is 13.5. The van der Waals surface area contributed by atoms with Gasteiger partial charge in [0.25, 0.3) is 5.91 Å². The van der Waals surface area contributed by atoms with E-state index in [9.17, 15) is 18.0 Å². The maximum atomic E-state index is 13.2. The number of hydrogen-bond donors (Lipinski definition) is 1. The van der Waals surface area contributed by atoms with E-state index in [0.717, 1.165) is 24.3 Å². The molecule has 0 radical (unpaired) electrons. The molecular formula is C25H32N4O4S. The van der Waals surface area contributed by atoms with Gasteiger partial charge in [-0.25, -0.2) is 13.4 Å². The first-order chi connectivity index (χ1) is 16.3. The first-order valence-corrected chi connectivity index (χ1v) is 14.3. The predicted molar refractivity (Wildman–Crippen MR) is 127 cm³/mol. The van der Waals surface area contributed by atoms with Gasteiger partial charge in [-0.05, 0) is 73.8 Å². The summed E-state index contributed by atoms with van der Waals surface area (Å²) in [6, 6.07) is 5.45. The van der Waals surface area contributed by atoms with Crippen molar-refractivity contribution in [3.05, 3.63) is 35.8 Å². The minimum absolute atomic E-state index is 0.0119. The maximum Gasteiger partial charge on any atom is 0.268 e. The normalized spacial score (nSPS) is 31.6. The van der Waals surface area contributed by atoms with Crippen LogP contribution in [-0.4, -0.2) is 65.7 Å². The zero-order chi connectivity index (χ0) is 23.5. The van der Waals surface area contributed by atoms with Crippen LogP contribution in [0.5, 0.6) is 0 Å². The summed E-state index contributed by atoms with van der Waals surface area (Å²) in [5.41, 5.74) is 2.01. The van der Waals surface area contributed by atoms with E-state index in [0.29, 0.717) is 17.0 Å². The van der Waals surface area contributed by atoms with Crippen molar-refractivity contribution >= 4 is 27.3 Å². The van der Waals surface area contributed by atoms with E-state index < -0.39 is 9.84 Å². The Morgan fingerprint density at radius 2 is 1.68 bits per heavy atom. The Balaban J connectivity index is 1.14. The molecule has 3 heterocycles. The molecule has 2 amide bonds. The van der Waals surface area contributed by atoms with Crippen molar-refractivity contribution in [2.75, 3.05) is 31.1 Å². The molecule has 1 aliphatic heterocycles. The van der Waals surface area contributed by atoms with Crippen LogP contribution in [0.15, 0.2) is 24.4 Å². The highest BCUT2D eigenvalue weighted by Gasteiger charge is 2.50. The fraction of sp³-hybridized carbons (Fsp3) is 0.640. The topological polar surface area (TPSA) is 101 Å². The summed E-state index contributed by atoms with van der Waals surface area (Å²) in [4.78, 5) is 32.0. The summed E-state index contributed by atoms with van der Waals surface area (Å²) in [5, 5.41) is 3.24. The molecule has 2 aromatic heterocycles. The molecule has 9 heteroatoms. The van der Waals surface area contributed by atoms with E-state index in [1.165, 1.54) is 38.5 Å². The van der Waals surface area contributed by atoms with Gasteiger partial charge in [-0.2, -0.15) is 0 Å². The van der Waals surface area contributed by atoms with Crippen LogP contribution in [-0.2, 0) is 21.1 Å². The number of nitrogens with zero attached hydrogens (tertiary/aromatic N) is 3. The van der Waals surface area contributed by atoms with Crippen LogP contribution in [0.25, 0.3) is 5.65 Å². The Bertz CT molecular complexity index is 1200. The first kappa shape index (κ1) is 22.1. The predicted octanol–water partition coefficient (Wildman–Crippen LogP) is 2.08. The van der Waals surface area contributed by atoms with Crippen molar-refractivity contribution in [1.29, 1.82) is 0 Å². The Kier molecular flexibility index (Phi) is 5.24. The molecule has 4 aliphatic carbocycles. The Labute approximate surface area is 200 Å². The van der Waals surface area contributed by atoms with Gasteiger partial charge in [0, 0.05) is 25.8 Å². The molecule has 7 rings (SSSR count). The van der Waals surface area contributed by atoms with Gasteiger partial charge in [-0.3, -0.25) is 14.0 Å². The lowest BCUT2D eigenvalue weighted by atomic mass is 9.49. The van der Waals surface area contributed by atoms with Crippen molar-refractivity contribution < 1.29 is 18.0 Å². The average Bonchev–Trinajstić information content (AvgIpc) is 3.19. The SMILES string of the molecule is O=C(NCC12CC3CC(CC(C3)C1)C2)c1cccc2nc(CC(=O)N3CCS(=O)(=O)CC3)cn12. The largest absolute Gasteiger partial charge is 0.350 e. The van der Waals surface area contributed by atoms with Crippen molar-refractivity contribution in [1.82, 2.24) is 19.6 Å². The average molecular weight is 485 g/mol. The molecule has 34 heavy (non-hydrogen) atoms. The number of nitrogens with one attached hydrogen (secondary N) is 1. The quantitative estimate of drug-likeness (QED) is 0.700. The number of amides is 2. The van der Waals surface area contributed by atoms with Gasteiger partial charge < -0.3 is 10.2 Å². The summed E-state index contributed by atoms with van der Waals surface area (Å²) in [5.74, 6) is 2.33. The molecule has 0 spiro atoms. The molecule has 5 aliphatic rings. The van der Waals surface area contributed by atoms with Crippen LogP contribution in [0.4, 0.5) is 0 Å². The molecule has 4 bridgehead atoms. The van der Waals surface area contributed by atoms with Gasteiger partial charge in [-0.15, -0.1) is 0 Å². The second kappa shape index (κ2) is 8.07. The third kappa shape index (κ3) is 4.12. The number of rotatable bonds is 5. The highest BCUT2D eigenvalue weighted by atomic mass is 32.2. The van der Waals surface area contributed by atoms with Gasteiger partial charge in [0.15, 0.2) is 9.84 Å². The second-order valence-electron chi connectivity index (χ2n) is 11.2. The van der Waals surface area contributed by atoms with E-state index in [1.807, 2.05) is 12.1 Å². The van der Waals surface area contributed by atoms with Gasteiger partial charge in [0.05, 0.1) is 23.6 Å². The first-order valence-electron chi connectivity index (χ1n) is 12.5. The smallest absolute Gasteiger partial charge is 0.268 e. The van der Waals surface area contributed by atoms with E-state index in [-0.39, 0.29) is 48.2 Å². The van der Waals surface area contributed by atoms with Gasteiger partial charge >= 0.3 is 0 Å². The summed E-state index contributed by atoms with van der Waals surface area (Å²) >= 11 is 0. The zero-order valence-electron chi connectivity index (χ0n) is 19.4. The van der Waals surface area contributed by atoms with Gasteiger partial charge in [0.1, 0.15) is 11.3 Å². The van der Waals surface area contributed by atoms with Crippen LogP contribution in [0.2, 0.25) is 0 Å². The molecule has 1 saturated heterocycles. The zero-order valence-corrected chi connectivity index (χ0v) is 20.2. The van der Waals surface area contributed by atoms with Crippen LogP contribution < -0.4 is 5.32 Å². The standard InChI is InChI=1S/C25H32N4O4S/c30-23(28-4-6-34(32,33)7-5-28)11-20-15-29-21(2-1-3-22(29)27-20)24(31)26-16-25-12-17-8-18(13-25)10-19(9-17)14-25/h1-3,15,17-19H,4-14,16H2,(H,26,31). The Hall–Kier alpha value is -2.42. The molecule has 182 valence electrons. The fourth-order valence-corrected chi connectivity index (χ4v) is 8.63. The van der Waals surface area contributed by atoms with Gasteiger partial charge in [0.2, 0.25) is 5.91 Å². The van der Waals surface area contributed by atoms with Crippen LogP contribution in [0.1, 0.15) is 54.7 Å². The van der Waals surface area contributed by atoms with E-state index in [4.69, 9.17) is 0 Å². The van der Waals surface area contributed by atoms with Crippen molar-refractivity contribution in [2.45, 2.75) is 44.9 Å². The Morgan fingerprint density at radius 1 is 1.03 bits per heavy atom. The summed E-state index contributed by atoms with van der Waals surface area (Å²) in [6.45, 7) is 1.20. The van der Waals surface area contributed by atoms with E-state index in [2.05, 4.69) is 10.3 Å². The van der Waals surface area contributed by atoms with Crippen molar-refractivity contribution in [3.8, 4) is 0 Å². The van der Waals surface area contributed by atoms with E-state index >= 15 is 0 Å². The third-order valence-electron chi connectivity index (χ3n) is 8.59. The number of sulfone groups is 1. The Morgan fingerprint density at radius 3 is 2.32 bits per heavy atom. The molecule has 1 N–H and O–H groups in total. The van der Waals surface area contributed by atoms with Crippen molar-refractivity contribution in [2.24, 2.45) is 23.2 Å². The minimum atomic E-state index is -3.04. The number of fused-ring (bicyclic) bond motifs is 1. The lowest BCUT2D eigenvalue weighted by Crippen LogP contribution is -2.51.